The number of carbonyl (C=O) groups excluding carboxylic acids is 2. The summed E-state index contributed by atoms with van der Waals surface area (Å²) in [5, 5.41) is 8.69. The number of benzene rings is 1. The molecule has 5 nitrogen and oxygen atoms in total. The van der Waals surface area contributed by atoms with Gasteiger partial charge in [-0.2, -0.15) is 0 Å². The highest BCUT2D eigenvalue weighted by molar-refractivity contribution is 5.89. The standard InChI is InChI=1S/C17H23NO3.C7H14O.C2H6/c1-3-4-16(19)18-11-9-14(10-12-18)13-5-7-15(8-6-13)17(20)21-2;8-6-7-4-2-1-3-5-7;1-2/h5-8,14H,3-4,9-12H2,1-2H3;7-8H,1-6H2;1-2H3. The Morgan fingerprint density at radius 3 is 2.03 bits per heavy atom. The number of carbonyl (C=O) groups is 2. The van der Waals surface area contributed by atoms with E-state index in [0.29, 0.717) is 30.4 Å². The van der Waals surface area contributed by atoms with Gasteiger partial charge in [0.1, 0.15) is 0 Å². The molecule has 3 rings (SSSR count). The van der Waals surface area contributed by atoms with E-state index in [-0.39, 0.29) is 11.9 Å². The van der Waals surface area contributed by atoms with Crippen LogP contribution in [-0.4, -0.2) is 48.7 Å². The van der Waals surface area contributed by atoms with Crippen LogP contribution in [0, 0.1) is 5.92 Å². The van der Waals surface area contributed by atoms with E-state index in [0.717, 1.165) is 32.4 Å². The Balaban J connectivity index is 0.000000400. The van der Waals surface area contributed by atoms with Crippen LogP contribution in [0.5, 0.6) is 0 Å². The number of hydrogen-bond acceptors (Lipinski definition) is 4. The third kappa shape index (κ3) is 9.42. The molecule has 1 saturated carbocycles. The van der Waals surface area contributed by atoms with Gasteiger partial charge in [0.15, 0.2) is 0 Å². The van der Waals surface area contributed by atoms with Gasteiger partial charge in [-0.3, -0.25) is 4.79 Å². The molecule has 1 aliphatic carbocycles. The zero-order valence-electron chi connectivity index (χ0n) is 20.1. The third-order valence-corrected chi connectivity index (χ3v) is 6.10. The zero-order chi connectivity index (χ0) is 23.1. The average molecular weight is 434 g/mol. The third-order valence-electron chi connectivity index (χ3n) is 6.10. The molecule has 5 heteroatoms. The Labute approximate surface area is 189 Å². The van der Waals surface area contributed by atoms with Gasteiger partial charge in [-0.1, -0.05) is 52.2 Å². The number of methoxy groups -OCH3 is 1. The second-order valence-corrected chi connectivity index (χ2v) is 8.21. The molecule has 1 heterocycles. The number of amides is 1. The van der Waals surface area contributed by atoms with Crippen LogP contribution in [0.3, 0.4) is 0 Å². The minimum Gasteiger partial charge on any atom is -0.465 e. The van der Waals surface area contributed by atoms with E-state index in [4.69, 9.17) is 9.84 Å². The van der Waals surface area contributed by atoms with Crippen molar-refractivity contribution in [2.45, 2.75) is 84.5 Å². The van der Waals surface area contributed by atoms with Crippen LogP contribution in [0.4, 0.5) is 0 Å². The van der Waals surface area contributed by atoms with Gasteiger partial charge in [0.25, 0.3) is 0 Å². The van der Waals surface area contributed by atoms with Crippen molar-refractivity contribution in [1.82, 2.24) is 4.90 Å². The van der Waals surface area contributed by atoms with Crippen LogP contribution in [0.2, 0.25) is 0 Å². The molecule has 1 aromatic rings. The maximum atomic E-state index is 11.9. The first kappa shape index (κ1) is 27.2. The van der Waals surface area contributed by atoms with E-state index in [9.17, 15) is 9.59 Å². The van der Waals surface area contributed by atoms with E-state index in [1.165, 1.54) is 44.8 Å². The molecule has 2 aliphatic rings. The topological polar surface area (TPSA) is 66.8 Å². The molecule has 31 heavy (non-hydrogen) atoms. The smallest absolute Gasteiger partial charge is 0.337 e. The van der Waals surface area contributed by atoms with E-state index >= 15 is 0 Å². The number of piperidine rings is 1. The number of ether oxygens (including phenoxy) is 1. The molecule has 1 amide bonds. The predicted octanol–water partition coefficient (Wildman–Crippen LogP) is 5.56. The van der Waals surface area contributed by atoms with Crippen molar-refractivity contribution in [3.8, 4) is 0 Å². The summed E-state index contributed by atoms with van der Waals surface area (Å²) in [4.78, 5) is 25.3. The molecule has 0 aromatic heterocycles. The Morgan fingerprint density at radius 2 is 1.58 bits per heavy atom. The maximum absolute atomic E-state index is 11.9. The fourth-order valence-electron chi connectivity index (χ4n) is 4.21. The van der Waals surface area contributed by atoms with Crippen molar-refractivity contribution in [1.29, 1.82) is 0 Å². The minimum atomic E-state index is -0.304. The van der Waals surface area contributed by atoms with E-state index in [1.807, 2.05) is 49.9 Å². The van der Waals surface area contributed by atoms with Crippen LogP contribution in [0.25, 0.3) is 0 Å². The fourth-order valence-corrected chi connectivity index (χ4v) is 4.21. The van der Waals surface area contributed by atoms with Gasteiger partial charge in [-0.05, 0) is 61.6 Å². The van der Waals surface area contributed by atoms with E-state index in [1.54, 1.807) is 0 Å². The molecule has 1 aromatic carbocycles. The summed E-state index contributed by atoms with van der Waals surface area (Å²) in [5.41, 5.74) is 1.82. The van der Waals surface area contributed by atoms with Crippen molar-refractivity contribution < 1.29 is 19.4 Å². The molecular formula is C26H43NO4. The molecule has 0 radical (unpaired) electrons. The number of hydrogen-bond donors (Lipinski definition) is 1. The summed E-state index contributed by atoms with van der Waals surface area (Å²) in [7, 11) is 1.39. The first-order valence-corrected chi connectivity index (χ1v) is 12.2. The van der Waals surface area contributed by atoms with E-state index in [2.05, 4.69) is 0 Å². The summed E-state index contributed by atoms with van der Waals surface area (Å²) >= 11 is 0. The molecule has 0 unspecified atom stereocenters. The van der Waals surface area contributed by atoms with Gasteiger partial charge in [-0.25, -0.2) is 4.79 Å². The summed E-state index contributed by atoms with van der Waals surface area (Å²) in [5.74, 6) is 1.09. The van der Waals surface area contributed by atoms with Gasteiger partial charge in [0.05, 0.1) is 12.7 Å². The SMILES string of the molecule is CC.CCCC(=O)N1CCC(c2ccc(C(=O)OC)cc2)CC1.OCC1CCCCC1. The molecule has 1 saturated heterocycles. The predicted molar refractivity (Wildman–Crippen MR) is 126 cm³/mol. The lowest BCUT2D eigenvalue weighted by atomic mass is 9.89. The molecular weight excluding hydrogens is 390 g/mol. The lowest BCUT2D eigenvalue weighted by Gasteiger charge is -2.32. The second kappa shape index (κ2) is 15.9. The minimum absolute atomic E-state index is 0.275. The number of esters is 1. The van der Waals surface area contributed by atoms with Crippen LogP contribution < -0.4 is 0 Å². The molecule has 1 aliphatic heterocycles. The summed E-state index contributed by atoms with van der Waals surface area (Å²) in [6, 6.07) is 7.63. The second-order valence-electron chi connectivity index (χ2n) is 8.21. The van der Waals surface area contributed by atoms with Crippen molar-refractivity contribution in [2.24, 2.45) is 5.92 Å². The number of likely N-dealkylation sites (tertiary alicyclic amines) is 1. The largest absolute Gasteiger partial charge is 0.465 e. The normalized spacial score (nSPS) is 17.0. The Kier molecular flexibility index (Phi) is 13.9. The van der Waals surface area contributed by atoms with Crippen LogP contribution >= 0.6 is 0 Å². The summed E-state index contributed by atoms with van der Waals surface area (Å²) in [6.45, 7) is 8.12. The monoisotopic (exact) mass is 433 g/mol. The Bertz CT molecular complexity index is 615. The highest BCUT2D eigenvalue weighted by atomic mass is 16.5. The zero-order valence-corrected chi connectivity index (χ0v) is 20.1. The fraction of sp³-hybridized carbons (Fsp3) is 0.692. The maximum Gasteiger partial charge on any atom is 0.337 e. The van der Waals surface area contributed by atoms with Crippen molar-refractivity contribution in [3.63, 3.8) is 0 Å². The van der Waals surface area contributed by atoms with Gasteiger partial charge < -0.3 is 14.7 Å². The molecule has 0 bridgehead atoms. The number of aliphatic hydroxyl groups is 1. The summed E-state index contributed by atoms with van der Waals surface area (Å²) in [6.07, 6.45) is 10.1. The Morgan fingerprint density at radius 1 is 1.00 bits per heavy atom. The Hall–Kier alpha value is -1.88. The van der Waals surface area contributed by atoms with Gasteiger partial charge in [0, 0.05) is 26.1 Å². The van der Waals surface area contributed by atoms with Gasteiger partial charge in [-0.15, -0.1) is 0 Å². The number of rotatable bonds is 5. The highest BCUT2D eigenvalue weighted by Crippen LogP contribution is 2.28. The number of aliphatic hydroxyl groups excluding tert-OH is 1. The molecule has 2 fully saturated rings. The van der Waals surface area contributed by atoms with Crippen molar-refractivity contribution in [2.75, 3.05) is 26.8 Å². The molecule has 0 spiro atoms. The van der Waals surface area contributed by atoms with Crippen molar-refractivity contribution >= 4 is 11.9 Å². The quantitative estimate of drug-likeness (QED) is 0.617. The first-order chi connectivity index (χ1) is 15.1. The first-order valence-electron chi connectivity index (χ1n) is 12.2. The average Bonchev–Trinajstić information content (AvgIpc) is 2.86. The van der Waals surface area contributed by atoms with Crippen LogP contribution in [-0.2, 0) is 9.53 Å². The van der Waals surface area contributed by atoms with Crippen molar-refractivity contribution in [3.05, 3.63) is 35.4 Å². The molecule has 0 atom stereocenters. The lowest BCUT2D eigenvalue weighted by molar-refractivity contribution is -0.132. The summed E-state index contributed by atoms with van der Waals surface area (Å²) < 4.78 is 4.70. The van der Waals surface area contributed by atoms with Crippen LogP contribution in [0.15, 0.2) is 24.3 Å². The van der Waals surface area contributed by atoms with Crippen LogP contribution in [0.1, 0.15) is 100 Å². The molecule has 176 valence electrons. The number of nitrogens with zero attached hydrogens (tertiary/aromatic N) is 1. The van der Waals surface area contributed by atoms with Gasteiger partial charge in [0.2, 0.25) is 5.91 Å². The van der Waals surface area contributed by atoms with Gasteiger partial charge >= 0.3 is 5.97 Å². The molecule has 1 N–H and O–H groups in total. The highest BCUT2D eigenvalue weighted by Gasteiger charge is 2.23. The van der Waals surface area contributed by atoms with E-state index < -0.39 is 0 Å². The lowest BCUT2D eigenvalue weighted by Crippen LogP contribution is -2.37.